The van der Waals surface area contributed by atoms with Gasteiger partial charge in [-0.25, -0.2) is 4.98 Å². The number of carboxylic acids is 1. The predicted octanol–water partition coefficient (Wildman–Crippen LogP) is 1.25. The van der Waals surface area contributed by atoms with E-state index in [-0.39, 0.29) is 0 Å². The van der Waals surface area contributed by atoms with Crippen LogP contribution in [0.4, 0.5) is 0 Å². The van der Waals surface area contributed by atoms with Crippen molar-refractivity contribution < 1.29 is 9.90 Å². The summed E-state index contributed by atoms with van der Waals surface area (Å²) >= 11 is 2.97. The lowest BCUT2D eigenvalue weighted by Crippen LogP contribution is -2.40. The standard InChI is InChI=1S/C8H11N3O2S2/c12-6(13)8(2-1-3-14-4-8)15-7-9-5-10-11-7/h5H,1-4H2,(H,12,13)(H,9,10,11). The molecule has 0 bridgehead atoms. The third-order valence-corrected chi connectivity index (χ3v) is 5.04. The minimum Gasteiger partial charge on any atom is -0.480 e. The lowest BCUT2D eigenvalue weighted by molar-refractivity contribution is -0.139. The highest BCUT2D eigenvalue weighted by atomic mass is 32.2. The van der Waals surface area contributed by atoms with Gasteiger partial charge in [0, 0.05) is 5.75 Å². The Morgan fingerprint density at radius 2 is 2.60 bits per heavy atom. The molecule has 0 spiro atoms. The molecule has 0 amide bonds. The zero-order valence-electron chi connectivity index (χ0n) is 7.97. The second kappa shape index (κ2) is 4.44. The van der Waals surface area contributed by atoms with Gasteiger partial charge in [-0.05, 0) is 18.6 Å². The van der Waals surface area contributed by atoms with Gasteiger partial charge < -0.3 is 5.11 Å². The molecule has 5 nitrogen and oxygen atoms in total. The highest BCUT2D eigenvalue weighted by Gasteiger charge is 2.42. The van der Waals surface area contributed by atoms with Crippen LogP contribution in [0, 0.1) is 0 Å². The smallest absolute Gasteiger partial charge is 0.321 e. The molecule has 2 heterocycles. The third kappa shape index (κ3) is 2.28. The quantitative estimate of drug-likeness (QED) is 0.834. The minimum absolute atomic E-state index is 0.583. The number of nitrogens with one attached hydrogen (secondary N) is 1. The van der Waals surface area contributed by atoms with E-state index in [1.54, 1.807) is 11.8 Å². The molecule has 1 aliphatic heterocycles. The summed E-state index contributed by atoms with van der Waals surface area (Å²) in [6.07, 6.45) is 3.03. The van der Waals surface area contributed by atoms with E-state index in [1.165, 1.54) is 18.1 Å². The van der Waals surface area contributed by atoms with E-state index in [2.05, 4.69) is 15.2 Å². The number of aromatic nitrogens is 3. The van der Waals surface area contributed by atoms with E-state index in [0.29, 0.717) is 17.3 Å². The molecule has 1 atom stereocenters. The van der Waals surface area contributed by atoms with E-state index in [9.17, 15) is 9.90 Å². The van der Waals surface area contributed by atoms with Gasteiger partial charge in [-0.15, -0.1) is 0 Å². The number of rotatable bonds is 3. The van der Waals surface area contributed by atoms with Gasteiger partial charge in [-0.2, -0.15) is 16.9 Å². The fourth-order valence-corrected chi connectivity index (χ4v) is 3.97. The normalized spacial score (nSPS) is 26.4. The number of aliphatic carboxylic acids is 1. The summed E-state index contributed by atoms with van der Waals surface area (Å²) in [7, 11) is 0. The third-order valence-electron chi connectivity index (χ3n) is 2.28. The topological polar surface area (TPSA) is 78.9 Å². The number of hydrogen-bond donors (Lipinski definition) is 2. The summed E-state index contributed by atoms with van der Waals surface area (Å²) in [6.45, 7) is 0. The molecule has 7 heteroatoms. The van der Waals surface area contributed by atoms with Crippen LogP contribution in [0.15, 0.2) is 11.5 Å². The van der Waals surface area contributed by atoms with Crippen molar-refractivity contribution in [3.8, 4) is 0 Å². The Labute approximate surface area is 95.4 Å². The van der Waals surface area contributed by atoms with Gasteiger partial charge in [-0.1, -0.05) is 11.8 Å². The SMILES string of the molecule is O=C(O)C1(Sc2ncn[nH]2)CCCSC1. The van der Waals surface area contributed by atoms with Gasteiger partial charge in [0.2, 0.25) is 0 Å². The van der Waals surface area contributed by atoms with Gasteiger partial charge in [0.15, 0.2) is 5.16 Å². The molecule has 82 valence electrons. The lowest BCUT2D eigenvalue weighted by Gasteiger charge is -2.30. The van der Waals surface area contributed by atoms with Crippen molar-refractivity contribution in [1.29, 1.82) is 0 Å². The molecule has 1 unspecified atom stereocenters. The van der Waals surface area contributed by atoms with Crippen molar-refractivity contribution >= 4 is 29.5 Å². The first kappa shape index (κ1) is 10.8. The van der Waals surface area contributed by atoms with Crippen LogP contribution in [0.3, 0.4) is 0 Å². The van der Waals surface area contributed by atoms with E-state index < -0.39 is 10.7 Å². The maximum absolute atomic E-state index is 11.3. The molecule has 15 heavy (non-hydrogen) atoms. The molecule has 0 radical (unpaired) electrons. The molecule has 1 aromatic heterocycles. The van der Waals surface area contributed by atoms with E-state index >= 15 is 0 Å². The lowest BCUT2D eigenvalue weighted by atomic mass is 10.1. The van der Waals surface area contributed by atoms with Crippen LogP contribution in [-0.2, 0) is 4.79 Å². The molecule has 1 saturated heterocycles. The highest BCUT2D eigenvalue weighted by molar-refractivity contribution is 8.04. The number of thioether (sulfide) groups is 2. The van der Waals surface area contributed by atoms with Crippen LogP contribution in [0.2, 0.25) is 0 Å². The van der Waals surface area contributed by atoms with Crippen molar-refractivity contribution in [3.63, 3.8) is 0 Å². The first-order chi connectivity index (χ1) is 7.23. The second-order valence-corrected chi connectivity index (χ2v) is 5.83. The molecule has 0 aliphatic carbocycles. The number of hydrogen-bond acceptors (Lipinski definition) is 5. The summed E-state index contributed by atoms with van der Waals surface area (Å²) in [6, 6.07) is 0. The van der Waals surface area contributed by atoms with E-state index in [0.717, 1.165) is 12.2 Å². The highest BCUT2D eigenvalue weighted by Crippen LogP contribution is 2.41. The Morgan fingerprint density at radius 3 is 3.13 bits per heavy atom. The summed E-state index contributed by atoms with van der Waals surface area (Å²) < 4.78 is -0.734. The van der Waals surface area contributed by atoms with Crippen molar-refractivity contribution in [3.05, 3.63) is 6.33 Å². The van der Waals surface area contributed by atoms with Crippen LogP contribution in [-0.4, -0.2) is 42.5 Å². The zero-order chi connectivity index (χ0) is 10.7. The van der Waals surface area contributed by atoms with Crippen molar-refractivity contribution in [1.82, 2.24) is 15.2 Å². The Kier molecular flexibility index (Phi) is 3.20. The molecule has 0 aromatic carbocycles. The van der Waals surface area contributed by atoms with E-state index in [1.807, 2.05) is 0 Å². The number of carbonyl (C=O) groups is 1. The molecule has 1 fully saturated rings. The van der Waals surface area contributed by atoms with E-state index in [4.69, 9.17) is 0 Å². The fourth-order valence-electron chi connectivity index (χ4n) is 1.49. The van der Waals surface area contributed by atoms with Crippen LogP contribution in [0.1, 0.15) is 12.8 Å². The monoisotopic (exact) mass is 245 g/mol. The van der Waals surface area contributed by atoms with Gasteiger partial charge in [0.05, 0.1) is 0 Å². The molecular formula is C8H11N3O2S2. The number of H-pyrrole nitrogens is 1. The van der Waals surface area contributed by atoms with Gasteiger partial charge >= 0.3 is 5.97 Å². The summed E-state index contributed by atoms with van der Waals surface area (Å²) in [4.78, 5) is 15.3. The van der Waals surface area contributed by atoms with Crippen molar-refractivity contribution in [2.45, 2.75) is 22.7 Å². The largest absolute Gasteiger partial charge is 0.480 e. The maximum Gasteiger partial charge on any atom is 0.321 e. The Balaban J connectivity index is 2.15. The Morgan fingerprint density at radius 1 is 1.73 bits per heavy atom. The summed E-state index contributed by atoms with van der Waals surface area (Å²) in [5.74, 6) is 0.927. The van der Waals surface area contributed by atoms with Gasteiger partial charge in [-0.3, -0.25) is 9.89 Å². The maximum atomic E-state index is 11.3. The molecule has 2 rings (SSSR count). The van der Waals surface area contributed by atoms with Crippen LogP contribution >= 0.6 is 23.5 Å². The molecule has 1 aliphatic rings. The molecule has 0 saturated carbocycles. The summed E-state index contributed by atoms with van der Waals surface area (Å²) in [5, 5.41) is 16.3. The average Bonchev–Trinajstić information content (AvgIpc) is 2.71. The predicted molar refractivity (Wildman–Crippen MR) is 59.2 cm³/mol. The van der Waals surface area contributed by atoms with Crippen LogP contribution in [0.25, 0.3) is 0 Å². The second-order valence-electron chi connectivity index (χ2n) is 3.35. The fraction of sp³-hybridized carbons (Fsp3) is 0.625. The van der Waals surface area contributed by atoms with Gasteiger partial charge in [0.25, 0.3) is 0 Å². The Bertz CT molecular complexity index is 336. The Hall–Kier alpha value is -0.690. The zero-order valence-corrected chi connectivity index (χ0v) is 9.61. The van der Waals surface area contributed by atoms with Crippen LogP contribution in [0.5, 0.6) is 0 Å². The van der Waals surface area contributed by atoms with Crippen LogP contribution < -0.4 is 0 Å². The minimum atomic E-state index is -0.754. The average molecular weight is 245 g/mol. The number of nitrogens with zero attached hydrogens (tertiary/aromatic N) is 2. The van der Waals surface area contributed by atoms with Gasteiger partial charge in [0.1, 0.15) is 11.1 Å². The first-order valence-corrected chi connectivity index (χ1v) is 6.56. The first-order valence-electron chi connectivity index (χ1n) is 4.58. The number of aromatic amines is 1. The number of carboxylic acid groups (broad SMARTS) is 1. The molecular weight excluding hydrogens is 234 g/mol. The van der Waals surface area contributed by atoms with Crippen molar-refractivity contribution in [2.75, 3.05) is 11.5 Å². The molecule has 1 aromatic rings. The van der Waals surface area contributed by atoms with Crippen molar-refractivity contribution in [2.24, 2.45) is 0 Å². The summed E-state index contributed by atoms with van der Waals surface area (Å²) in [5.41, 5.74) is 0. The molecule has 2 N–H and O–H groups in total.